The van der Waals surface area contributed by atoms with E-state index < -0.39 is 0 Å². The molecule has 18 heavy (non-hydrogen) atoms. The Labute approximate surface area is 111 Å². The molecule has 1 heterocycles. The maximum Gasteiger partial charge on any atom is 0.107 e. The lowest BCUT2D eigenvalue weighted by atomic mass is 10.2. The first-order chi connectivity index (χ1) is 8.75. The Balaban J connectivity index is 2.10. The van der Waals surface area contributed by atoms with Gasteiger partial charge in [-0.15, -0.1) is 0 Å². The monoisotopic (exact) mass is 256 g/mol. The highest BCUT2D eigenvalue weighted by molar-refractivity contribution is 6.31. The summed E-state index contributed by atoms with van der Waals surface area (Å²) >= 11 is 6.21. The zero-order valence-electron chi connectivity index (χ0n) is 10.1. The van der Waals surface area contributed by atoms with Crippen LogP contribution in [0.1, 0.15) is 11.4 Å². The summed E-state index contributed by atoms with van der Waals surface area (Å²) in [4.78, 5) is 4.56. The average Bonchev–Trinajstić information content (AvgIpc) is 2.69. The molecule has 0 saturated heterocycles. The topological polar surface area (TPSA) is 17.8 Å². The third-order valence-electron chi connectivity index (χ3n) is 3.13. The van der Waals surface area contributed by atoms with Gasteiger partial charge >= 0.3 is 0 Å². The van der Waals surface area contributed by atoms with Crippen LogP contribution in [-0.4, -0.2) is 9.55 Å². The number of halogens is 1. The Bertz CT molecular complexity index is 701. The van der Waals surface area contributed by atoms with Crippen LogP contribution < -0.4 is 0 Å². The molecule has 1 aromatic heterocycles. The first kappa shape index (κ1) is 11.3. The van der Waals surface area contributed by atoms with Crippen molar-refractivity contribution in [1.82, 2.24) is 9.55 Å². The molecule has 90 valence electrons. The van der Waals surface area contributed by atoms with Gasteiger partial charge in [-0.3, -0.25) is 0 Å². The molecule has 3 aromatic rings. The Kier molecular flexibility index (Phi) is 2.80. The zero-order valence-corrected chi connectivity index (χ0v) is 10.9. The van der Waals surface area contributed by atoms with E-state index in [1.54, 1.807) is 0 Å². The Morgan fingerprint density at radius 2 is 1.78 bits per heavy atom. The summed E-state index contributed by atoms with van der Waals surface area (Å²) in [6.45, 7) is 2.78. The molecule has 0 atom stereocenters. The molecular formula is C15H13ClN2. The van der Waals surface area contributed by atoms with Crippen LogP contribution >= 0.6 is 11.6 Å². The van der Waals surface area contributed by atoms with E-state index in [-0.39, 0.29) is 0 Å². The average molecular weight is 257 g/mol. The second-order valence-corrected chi connectivity index (χ2v) is 4.73. The van der Waals surface area contributed by atoms with Gasteiger partial charge in [-0.1, -0.05) is 41.9 Å². The van der Waals surface area contributed by atoms with Crippen LogP contribution in [0.3, 0.4) is 0 Å². The van der Waals surface area contributed by atoms with Crippen molar-refractivity contribution in [2.24, 2.45) is 0 Å². The minimum atomic E-state index is 0.756. The van der Waals surface area contributed by atoms with Gasteiger partial charge in [0.1, 0.15) is 5.82 Å². The highest BCUT2D eigenvalue weighted by Crippen LogP contribution is 2.21. The standard InChI is InChI=1S/C15H13ClN2/c1-11-17-14-8-4-5-9-15(14)18(11)10-12-6-2-3-7-13(12)16/h2-9H,10H2,1H3. The van der Waals surface area contributed by atoms with Crippen LogP contribution in [0.25, 0.3) is 11.0 Å². The lowest BCUT2D eigenvalue weighted by Gasteiger charge is -2.08. The van der Waals surface area contributed by atoms with Crippen molar-refractivity contribution < 1.29 is 0 Å². The molecule has 3 heteroatoms. The second-order valence-electron chi connectivity index (χ2n) is 4.33. The molecule has 0 unspecified atom stereocenters. The quantitative estimate of drug-likeness (QED) is 0.676. The number of imidazole rings is 1. The molecule has 2 nitrogen and oxygen atoms in total. The fourth-order valence-electron chi connectivity index (χ4n) is 2.19. The van der Waals surface area contributed by atoms with Crippen molar-refractivity contribution in [1.29, 1.82) is 0 Å². The summed E-state index contributed by atoms with van der Waals surface area (Å²) in [6.07, 6.45) is 0. The Hall–Kier alpha value is -1.80. The number of aryl methyl sites for hydroxylation is 1. The van der Waals surface area contributed by atoms with Gasteiger partial charge in [0.05, 0.1) is 17.6 Å². The Morgan fingerprint density at radius 1 is 1.06 bits per heavy atom. The fraction of sp³-hybridized carbons (Fsp3) is 0.133. The van der Waals surface area contributed by atoms with Crippen LogP contribution in [0, 0.1) is 6.92 Å². The minimum Gasteiger partial charge on any atom is -0.324 e. The SMILES string of the molecule is Cc1nc2ccccc2n1Cc1ccccc1Cl. The summed E-state index contributed by atoms with van der Waals surface area (Å²) < 4.78 is 2.19. The van der Waals surface area contributed by atoms with E-state index in [2.05, 4.69) is 21.7 Å². The van der Waals surface area contributed by atoms with Crippen LogP contribution in [0.5, 0.6) is 0 Å². The van der Waals surface area contributed by atoms with Crippen molar-refractivity contribution >= 4 is 22.6 Å². The van der Waals surface area contributed by atoms with Crippen LogP contribution in [0.2, 0.25) is 5.02 Å². The molecule has 0 amide bonds. The molecule has 0 fully saturated rings. The molecule has 0 bridgehead atoms. The van der Waals surface area contributed by atoms with Gasteiger partial charge in [-0.25, -0.2) is 4.98 Å². The van der Waals surface area contributed by atoms with E-state index in [1.807, 2.05) is 43.3 Å². The van der Waals surface area contributed by atoms with Crippen molar-refractivity contribution in [3.8, 4) is 0 Å². The number of para-hydroxylation sites is 2. The molecule has 0 aliphatic heterocycles. The number of nitrogens with zero attached hydrogens (tertiary/aromatic N) is 2. The molecular weight excluding hydrogens is 244 g/mol. The molecule has 3 rings (SSSR count). The smallest absolute Gasteiger partial charge is 0.107 e. The first-order valence-corrected chi connectivity index (χ1v) is 6.29. The number of aromatic nitrogens is 2. The number of fused-ring (bicyclic) bond motifs is 1. The minimum absolute atomic E-state index is 0.756. The Morgan fingerprint density at radius 3 is 2.61 bits per heavy atom. The van der Waals surface area contributed by atoms with E-state index in [9.17, 15) is 0 Å². The number of hydrogen-bond acceptors (Lipinski definition) is 1. The predicted octanol–water partition coefficient (Wildman–Crippen LogP) is 4.05. The molecule has 0 aliphatic rings. The van der Waals surface area contributed by atoms with Gasteiger partial charge in [0.25, 0.3) is 0 Å². The third-order valence-corrected chi connectivity index (χ3v) is 3.50. The van der Waals surface area contributed by atoms with Gasteiger partial charge in [0, 0.05) is 5.02 Å². The van der Waals surface area contributed by atoms with Crippen LogP contribution in [-0.2, 0) is 6.54 Å². The van der Waals surface area contributed by atoms with Gasteiger partial charge < -0.3 is 4.57 Å². The van der Waals surface area contributed by atoms with Gasteiger partial charge in [-0.2, -0.15) is 0 Å². The third kappa shape index (κ3) is 1.89. The van der Waals surface area contributed by atoms with Crippen molar-refractivity contribution in [3.63, 3.8) is 0 Å². The van der Waals surface area contributed by atoms with E-state index in [4.69, 9.17) is 11.6 Å². The maximum atomic E-state index is 6.21. The number of hydrogen-bond donors (Lipinski definition) is 0. The molecule has 2 aromatic carbocycles. The van der Waals surface area contributed by atoms with E-state index in [0.29, 0.717) is 0 Å². The molecule has 0 spiro atoms. The summed E-state index contributed by atoms with van der Waals surface area (Å²) in [5.74, 6) is 1.01. The van der Waals surface area contributed by atoms with Gasteiger partial charge in [0.15, 0.2) is 0 Å². The summed E-state index contributed by atoms with van der Waals surface area (Å²) in [5.41, 5.74) is 3.29. The predicted molar refractivity (Wildman–Crippen MR) is 75.0 cm³/mol. The lowest BCUT2D eigenvalue weighted by molar-refractivity contribution is 0.786. The van der Waals surface area contributed by atoms with Gasteiger partial charge in [-0.05, 0) is 30.7 Å². The molecule has 0 saturated carbocycles. The first-order valence-electron chi connectivity index (χ1n) is 5.91. The van der Waals surface area contributed by atoms with Crippen molar-refractivity contribution in [2.75, 3.05) is 0 Å². The molecule has 0 N–H and O–H groups in total. The summed E-state index contributed by atoms with van der Waals surface area (Å²) in [6, 6.07) is 16.1. The second kappa shape index (κ2) is 4.46. The summed E-state index contributed by atoms with van der Waals surface area (Å²) in [7, 11) is 0. The van der Waals surface area contributed by atoms with E-state index in [1.165, 1.54) is 0 Å². The number of benzene rings is 2. The molecule has 0 aliphatic carbocycles. The van der Waals surface area contributed by atoms with Gasteiger partial charge in [0.2, 0.25) is 0 Å². The zero-order chi connectivity index (χ0) is 12.5. The van der Waals surface area contributed by atoms with Crippen LogP contribution in [0.15, 0.2) is 48.5 Å². The molecule has 0 radical (unpaired) electrons. The normalized spacial score (nSPS) is 11.0. The lowest BCUT2D eigenvalue weighted by Crippen LogP contribution is -2.02. The maximum absolute atomic E-state index is 6.21. The van der Waals surface area contributed by atoms with E-state index >= 15 is 0 Å². The number of rotatable bonds is 2. The van der Waals surface area contributed by atoms with Crippen LogP contribution in [0.4, 0.5) is 0 Å². The highest BCUT2D eigenvalue weighted by Gasteiger charge is 2.08. The van der Waals surface area contributed by atoms with E-state index in [0.717, 1.165) is 34.0 Å². The van der Waals surface area contributed by atoms with Crippen molar-refractivity contribution in [3.05, 3.63) is 64.9 Å². The largest absolute Gasteiger partial charge is 0.324 e. The highest BCUT2D eigenvalue weighted by atomic mass is 35.5. The fourth-order valence-corrected chi connectivity index (χ4v) is 2.39. The summed E-state index contributed by atoms with van der Waals surface area (Å²) in [5, 5.41) is 0.801. The van der Waals surface area contributed by atoms with Crippen molar-refractivity contribution in [2.45, 2.75) is 13.5 Å².